The van der Waals surface area contributed by atoms with Crippen molar-refractivity contribution in [1.82, 2.24) is 29.7 Å². The first-order valence-corrected chi connectivity index (χ1v) is 26.1. The third-order valence-corrected chi connectivity index (χ3v) is 14.4. The SMILES string of the molecule is COc1ccc(C(OC[C@H]2O[C@@H](n3cnc4c(NC(=O)c5ccc(CNC(=O)COC(=O)CCCN(C)C(=O)OCC6c7ccccc7-c7ccccc76)cc5)[nH]c(=O)nc43)CC2O)(c2ccccc2)c2ccc(OC)cc2)cc1. The summed E-state index contributed by atoms with van der Waals surface area (Å²) in [4.78, 5) is 77.1. The van der Waals surface area contributed by atoms with Crippen LogP contribution in [0, 0.1) is 0 Å². The van der Waals surface area contributed by atoms with Gasteiger partial charge in [-0.1, -0.05) is 115 Å². The molecule has 0 bridgehead atoms. The summed E-state index contributed by atoms with van der Waals surface area (Å²) in [7, 11) is 4.81. The summed E-state index contributed by atoms with van der Waals surface area (Å²) >= 11 is 0. The fraction of sp³-hybridized carbons (Fsp3) is 0.262. The largest absolute Gasteiger partial charge is 0.497 e. The van der Waals surface area contributed by atoms with Crippen LogP contribution in [-0.4, -0.2) is 113 Å². The molecule has 8 aromatic rings. The quantitative estimate of drug-likeness (QED) is 0.0396. The summed E-state index contributed by atoms with van der Waals surface area (Å²) in [5.74, 6) is -0.398. The molecule has 1 fully saturated rings. The van der Waals surface area contributed by atoms with E-state index in [1.807, 2.05) is 103 Å². The minimum absolute atomic E-state index is 0.00216. The number of benzene rings is 6. The molecule has 10 rings (SSSR count). The number of hydrogen-bond donors (Lipinski definition) is 4. The highest BCUT2D eigenvalue weighted by atomic mass is 16.6. The molecule has 2 aromatic heterocycles. The van der Waals surface area contributed by atoms with Crippen LogP contribution in [0.15, 0.2) is 163 Å². The molecule has 4 N–H and O–H groups in total. The predicted molar refractivity (Wildman–Crippen MR) is 295 cm³/mol. The molecule has 19 heteroatoms. The van der Waals surface area contributed by atoms with E-state index in [2.05, 4.69) is 49.9 Å². The number of anilines is 1. The van der Waals surface area contributed by atoms with E-state index in [-0.39, 0.29) is 67.6 Å². The number of esters is 1. The molecule has 3 heterocycles. The second kappa shape index (κ2) is 24.2. The Balaban J connectivity index is 0.699. The lowest BCUT2D eigenvalue weighted by molar-refractivity contribution is -0.148. The van der Waals surface area contributed by atoms with Crippen molar-refractivity contribution in [3.8, 4) is 22.6 Å². The summed E-state index contributed by atoms with van der Waals surface area (Å²) in [5, 5.41) is 16.9. The zero-order valence-corrected chi connectivity index (χ0v) is 44.2. The van der Waals surface area contributed by atoms with Gasteiger partial charge in [0.15, 0.2) is 12.3 Å². The number of carbonyl (C=O) groups is 4. The number of methoxy groups -OCH3 is 2. The van der Waals surface area contributed by atoms with Crippen molar-refractivity contribution in [2.45, 2.75) is 55.8 Å². The summed E-state index contributed by atoms with van der Waals surface area (Å²) < 4.78 is 36.8. The zero-order valence-electron chi connectivity index (χ0n) is 44.2. The van der Waals surface area contributed by atoms with Gasteiger partial charge in [0.25, 0.3) is 11.8 Å². The molecule has 1 saturated heterocycles. The topological polar surface area (TPSA) is 235 Å². The second-order valence-corrected chi connectivity index (χ2v) is 19.4. The molecule has 6 aromatic carbocycles. The molecule has 19 nitrogen and oxygen atoms in total. The van der Waals surface area contributed by atoms with E-state index in [1.165, 1.54) is 11.2 Å². The number of rotatable bonds is 21. The van der Waals surface area contributed by atoms with Crippen LogP contribution in [0.4, 0.5) is 10.6 Å². The van der Waals surface area contributed by atoms with Crippen LogP contribution in [0.3, 0.4) is 0 Å². The van der Waals surface area contributed by atoms with Crippen LogP contribution < -0.4 is 25.8 Å². The molecule has 0 saturated carbocycles. The number of ether oxygens (including phenoxy) is 6. The fourth-order valence-corrected chi connectivity index (χ4v) is 10.2. The first-order chi connectivity index (χ1) is 38.9. The van der Waals surface area contributed by atoms with Crippen molar-refractivity contribution >= 4 is 40.9 Å². The Morgan fingerprint density at radius 2 is 1.39 bits per heavy atom. The molecule has 2 aliphatic rings. The Kier molecular flexibility index (Phi) is 16.4. The normalized spacial score (nSPS) is 15.6. The van der Waals surface area contributed by atoms with Gasteiger partial charge in [-0.25, -0.2) is 14.6 Å². The minimum atomic E-state index is -1.17. The van der Waals surface area contributed by atoms with Crippen LogP contribution in [-0.2, 0) is 40.7 Å². The first-order valence-electron chi connectivity index (χ1n) is 26.1. The van der Waals surface area contributed by atoms with Gasteiger partial charge in [0, 0.05) is 44.5 Å². The number of aromatic nitrogens is 4. The number of amides is 3. The summed E-state index contributed by atoms with van der Waals surface area (Å²) in [5.41, 5.74) is 6.22. The standard InChI is InChI=1S/C61H59N7O12/c1-67(60(74)78-34-49-47-16-9-7-14-45(47)46-15-8-10-17-48(46)49)31-11-18-54(71)77-36-52(70)62-33-38-19-21-39(22-20-38)58(72)64-56-55-57(66-59(73)65-56)68(37-63-55)53-32-50(69)51(80-53)35-79-61(40-12-5-4-6-13-40,41-23-27-43(75-2)28-24-41)42-25-29-44(76-3)30-26-42/h4-10,12-17,19-30,37,49-51,53,69H,11,18,31-36H2,1-3H3,(H,62,70)(H2,64,65,66,72,73)/t50?,51-,53-/m1/s1. The Morgan fingerprint density at radius 3 is 2.02 bits per heavy atom. The van der Waals surface area contributed by atoms with Crippen LogP contribution in [0.25, 0.3) is 22.3 Å². The van der Waals surface area contributed by atoms with Gasteiger partial charge in [0.1, 0.15) is 47.4 Å². The van der Waals surface area contributed by atoms with Crippen LogP contribution in [0.2, 0.25) is 0 Å². The molecule has 80 heavy (non-hydrogen) atoms. The molecular weight excluding hydrogens is 1020 g/mol. The minimum Gasteiger partial charge on any atom is -0.497 e. The molecule has 0 radical (unpaired) electrons. The predicted octanol–water partition coefficient (Wildman–Crippen LogP) is 7.87. The fourth-order valence-electron chi connectivity index (χ4n) is 10.2. The molecular formula is C61H59N7O12. The van der Waals surface area contributed by atoms with Crippen molar-refractivity contribution < 1.29 is 52.7 Å². The number of nitrogens with one attached hydrogen (secondary N) is 3. The third kappa shape index (κ3) is 11.7. The number of carbonyl (C=O) groups excluding carboxylic acids is 4. The van der Waals surface area contributed by atoms with E-state index in [9.17, 15) is 29.1 Å². The van der Waals surface area contributed by atoms with Gasteiger partial charge in [0.2, 0.25) is 0 Å². The van der Waals surface area contributed by atoms with E-state index >= 15 is 0 Å². The maximum Gasteiger partial charge on any atom is 0.409 e. The van der Waals surface area contributed by atoms with Gasteiger partial charge in [-0.05, 0) is 87.3 Å². The third-order valence-electron chi connectivity index (χ3n) is 14.4. The number of fused-ring (bicyclic) bond motifs is 4. The van der Waals surface area contributed by atoms with Crippen LogP contribution in [0.1, 0.15) is 75.1 Å². The molecule has 410 valence electrons. The number of nitrogens with zero attached hydrogens (tertiary/aromatic N) is 4. The molecule has 3 amide bonds. The lowest BCUT2D eigenvalue weighted by Gasteiger charge is -2.37. The van der Waals surface area contributed by atoms with Crippen molar-refractivity contribution in [2.75, 3.05) is 52.9 Å². The Hall–Kier alpha value is -9.17. The van der Waals surface area contributed by atoms with E-state index in [1.54, 1.807) is 50.1 Å². The highest BCUT2D eigenvalue weighted by molar-refractivity contribution is 6.06. The van der Waals surface area contributed by atoms with E-state index in [0.717, 1.165) is 38.9 Å². The number of H-pyrrole nitrogens is 1. The van der Waals surface area contributed by atoms with Gasteiger partial charge in [-0.2, -0.15) is 4.98 Å². The Morgan fingerprint density at radius 1 is 0.775 bits per heavy atom. The zero-order chi connectivity index (χ0) is 55.8. The highest BCUT2D eigenvalue weighted by Crippen LogP contribution is 2.45. The highest BCUT2D eigenvalue weighted by Gasteiger charge is 2.42. The van der Waals surface area contributed by atoms with Gasteiger partial charge in [-0.15, -0.1) is 0 Å². The molecule has 1 aliphatic carbocycles. The smallest absolute Gasteiger partial charge is 0.409 e. The lowest BCUT2D eigenvalue weighted by Crippen LogP contribution is -2.38. The summed E-state index contributed by atoms with van der Waals surface area (Å²) in [6.07, 6.45) is -1.28. The maximum atomic E-state index is 13.6. The van der Waals surface area contributed by atoms with Crippen LogP contribution >= 0.6 is 0 Å². The number of imidazole rings is 1. The Labute approximate surface area is 460 Å². The van der Waals surface area contributed by atoms with E-state index in [4.69, 9.17) is 28.4 Å². The van der Waals surface area contributed by atoms with Gasteiger partial charge < -0.3 is 49.1 Å². The Bertz CT molecular complexity index is 3460. The maximum absolute atomic E-state index is 13.6. The second-order valence-electron chi connectivity index (χ2n) is 19.4. The number of aromatic amines is 1. The van der Waals surface area contributed by atoms with Crippen LogP contribution in [0.5, 0.6) is 11.5 Å². The molecule has 0 spiro atoms. The monoisotopic (exact) mass is 1080 g/mol. The summed E-state index contributed by atoms with van der Waals surface area (Å²) in [6, 6.07) is 47.5. The van der Waals surface area contributed by atoms with Crippen molar-refractivity contribution in [3.63, 3.8) is 0 Å². The number of hydrogen-bond acceptors (Lipinski definition) is 14. The van der Waals surface area contributed by atoms with Gasteiger partial charge >= 0.3 is 17.8 Å². The molecule has 3 atom stereocenters. The lowest BCUT2D eigenvalue weighted by atomic mass is 9.80. The van der Waals surface area contributed by atoms with Crippen molar-refractivity contribution in [2.24, 2.45) is 0 Å². The van der Waals surface area contributed by atoms with Crippen molar-refractivity contribution in [1.29, 1.82) is 0 Å². The van der Waals surface area contributed by atoms with E-state index < -0.39 is 60.2 Å². The average molecular weight is 1080 g/mol. The molecule has 1 unspecified atom stereocenters. The van der Waals surface area contributed by atoms with E-state index in [0.29, 0.717) is 23.5 Å². The van der Waals surface area contributed by atoms with Gasteiger partial charge in [0.05, 0.1) is 33.3 Å². The molecule has 1 aliphatic heterocycles. The average Bonchev–Trinajstić information content (AvgIpc) is 4.23. The first kappa shape index (κ1) is 54.2. The number of aliphatic hydroxyl groups is 1. The van der Waals surface area contributed by atoms with Gasteiger partial charge in [-0.3, -0.25) is 23.9 Å². The number of aliphatic hydroxyl groups excluding tert-OH is 1. The van der Waals surface area contributed by atoms with Crippen molar-refractivity contribution in [3.05, 3.63) is 207 Å². The summed E-state index contributed by atoms with van der Waals surface area (Å²) in [6.45, 7) is -0.0271.